The van der Waals surface area contributed by atoms with Gasteiger partial charge in [-0.25, -0.2) is 0 Å². The van der Waals surface area contributed by atoms with Gasteiger partial charge in [0.25, 0.3) is 0 Å². The van der Waals surface area contributed by atoms with Gasteiger partial charge in [-0.15, -0.1) is 12.4 Å². The summed E-state index contributed by atoms with van der Waals surface area (Å²) in [5.74, 6) is 0. The molecule has 2 aromatic rings. The number of hydrogen-bond acceptors (Lipinski definition) is 2. The van der Waals surface area contributed by atoms with Gasteiger partial charge in [-0.3, -0.25) is 4.68 Å². The number of rotatable bonds is 1. The zero-order chi connectivity index (χ0) is 10.1. The smallest absolute Gasteiger partial charge is 0.0896 e. The maximum absolute atomic E-state index is 4.32. The Morgan fingerprint density at radius 1 is 1.25 bits per heavy atom. The fourth-order valence-electron chi connectivity index (χ4n) is 2.17. The molecule has 2 heterocycles. The molecule has 1 aliphatic rings. The minimum Gasteiger partial charge on any atom is -0.310 e. The molecule has 16 heavy (non-hydrogen) atoms. The normalized spacial score (nSPS) is 18.6. The van der Waals surface area contributed by atoms with E-state index >= 15 is 0 Å². The van der Waals surface area contributed by atoms with Crippen LogP contribution in [0.2, 0.25) is 0 Å². The van der Waals surface area contributed by atoms with Crippen LogP contribution in [0.15, 0.2) is 42.7 Å². The molecule has 1 N–H and O–H groups in total. The van der Waals surface area contributed by atoms with Gasteiger partial charge in [0.05, 0.1) is 6.04 Å². The lowest BCUT2D eigenvalue weighted by atomic mass is 9.97. The third-order valence-corrected chi connectivity index (χ3v) is 2.91. The number of fused-ring (bicyclic) bond motifs is 1. The van der Waals surface area contributed by atoms with Crippen molar-refractivity contribution in [2.45, 2.75) is 12.6 Å². The van der Waals surface area contributed by atoms with Crippen LogP contribution in [0, 0.1) is 0 Å². The average molecular weight is 236 g/mol. The fraction of sp³-hybridized carbons (Fsp3) is 0.250. The molecule has 0 fully saturated rings. The second-order valence-corrected chi connectivity index (χ2v) is 3.83. The van der Waals surface area contributed by atoms with E-state index in [2.05, 4.69) is 34.7 Å². The Labute approximate surface area is 101 Å². The van der Waals surface area contributed by atoms with Crippen LogP contribution in [-0.4, -0.2) is 16.3 Å². The van der Waals surface area contributed by atoms with Crippen molar-refractivity contribution in [1.82, 2.24) is 15.1 Å². The zero-order valence-corrected chi connectivity index (χ0v) is 9.65. The van der Waals surface area contributed by atoms with E-state index in [1.165, 1.54) is 11.1 Å². The SMILES string of the molecule is Cl.c1ccc2c(c1)CNCC2n1cccn1. The molecule has 0 bridgehead atoms. The van der Waals surface area contributed by atoms with Crippen molar-refractivity contribution in [2.24, 2.45) is 0 Å². The second-order valence-electron chi connectivity index (χ2n) is 3.83. The van der Waals surface area contributed by atoms with Crippen LogP contribution in [0.5, 0.6) is 0 Å². The van der Waals surface area contributed by atoms with Crippen LogP contribution in [0.3, 0.4) is 0 Å². The van der Waals surface area contributed by atoms with Gasteiger partial charge in [0.15, 0.2) is 0 Å². The Hall–Kier alpha value is -1.32. The summed E-state index contributed by atoms with van der Waals surface area (Å²) in [4.78, 5) is 0. The van der Waals surface area contributed by atoms with Crippen LogP contribution >= 0.6 is 12.4 Å². The van der Waals surface area contributed by atoms with E-state index in [4.69, 9.17) is 0 Å². The topological polar surface area (TPSA) is 29.9 Å². The van der Waals surface area contributed by atoms with Crippen LogP contribution < -0.4 is 5.32 Å². The monoisotopic (exact) mass is 235 g/mol. The Kier molecular flexibility index (Phi) is 3.27. The Morgan fingerprint density at radius 3 is 2.94 bits per heavy atom. The van der Waals surface area contributed by atoms with Crippen molar-refractivity contribution in [1.29, 1.82) is 0 Å². The first-order valence-corrected chi connectivity index (χ1v) is 5.23. The van der Waals surface area contributed by atoms with Gasteiger partial charge in [0, 0.05) is 25.5 Å². The van der Waals surface area contributed by atoms with E-state index in [1.807, 2.05) is 23.1 Å². The van der Waals surface area contributed by atoms with Crippen LogP contribution in [0.1, 0.15) is 17.2 Å². The van der Waals surface area contributed by atoms with Crippen molar-refractivity contribution in [3.8, 4) is 0 Å². The predicted octanol–water partition coefficient (Wildman–Crippen LogP) is 2.00. The highest BCUT2D eigenvalue weighted by Crippen LogP contribution is 2.24. The number of nitrogens with zero attached hydrogens (tertiary/aromatic N) is 2. The van der Waals surface area contributed by atoms with Crippen molar-refractivity contribution in [3.63, 3.8) is 0 Å². The van der Waals surface area contributed by atoms with Gasteiger partial charge in [-0.2, -0.15) is 5.10 Å². The minimum atomic E-state index is 0. The molecule has 1 atom stereocenters. The van der Waals surface area contributed by atoms with Crippen molar-refractivity contribution < 1.29 is 0 Å². The molecule has 0 spiro atoms. The number of hydrogen-bond donors (Lipinski definition) is 1. The Morgan fingerprint density at radius 2 is 2.12 bits per heavy atom. The third-order valence-electron chi connectivity index (χ3n) is 2.91. The Bertz CT molecular complexity index is 453. The quantitative estimate of drug-likeness (QED) is 0.820. The summed E-state index contributed by atoms with van der Waals surface area (Å²) in [5, 5.41) is 7.73. The number of benzene rings is 1. The zero-order valence-electron chi connectivity index (χ0n) is 8.84. The number of nitrogens with one attached hydrogen (secondary N) is 1. The highest BCUT2D eigenvalue weighted by atomic mass is 35.5. The highest BCUT2D eigenvalue weighted by Gasteiger charge is 2.20. The molecule has 3 nitrogen and oxygen atoms in total. The molecular formula is C12H14ClN3. The van der Waals surface area contributed by atoms with Gasteiger partial charge in [-0.05, 0) is 17.2 Å². The molecule has 0 amide bonds. The standard InChI is InChI=1S/C12H13N3.ClH/c1-2-5-11-10(4-1)8-13-9-12(11)15-7-3-6-14-15;/h1-7,12-13H,8-9H2;1H. The summed E-state index contributed by atoms with van der Waals surface area (Å²) in [5.41, 5.74) is 2.77. The lowest BCUT2D eigenvalue weighted by molar-refractivity contribution is 0.452. The molecule has 0 aliphatic carbocycles. The van der Waals surface area contributed by atoms with Crippen molar-refractivity contribution in [3.05, 3.63) is 53.9 Å². The van der Waals surface area contributed by atoms with E-state index in [9.17, 15) is 0 Å². The first-order valence-electron chi connectivity index (χ1n) is 5.23. The lowest BCUT2D eigenvalue weighted by Gasteiger charge is -2.26. The Balaban J connectivity index is 0.000000963. The molecule has 1 aromatic carbocycles. The first kappa shape index (κ1) is 11.2. The maximum Gasteiger partial charge on any atom is 0.0896 e. The summed E-state index contributed by atoms with van der Waals surface area (Å²) in [7, 11) is 0. The van der Waals surface area contributed by atoms with Gasteiger partial charge < -0.3 is 5.32 Å². The second kappa shape index (κ2) is 4.68. The van der Waals surface area contributed by atoms with Crippen molar-refractivity contribution in [2.75, 3.05) is 6.54 Å². The molecule has 0 saturated heterocycles. The van der Waals surface area contributed by atoms with E-state index in [-0.39, 0.29) is 12.4 Å². The van der Waals surface area contributed by atoms with E-state index in [0.717, 1.165) is 13.1 Å². The molecule has 3 rings (SSSR count). The summed E-state index contributed by atoms with van der Waals surface area (Å²) in [6.07, 6.45) is 3.85. The largest absolute Gasteiger partial charge is 0.310 e. The molecule has 1 aliphatic heterocycles. The maximum atomic E-state index is 4.32. The average Bonchev–Trinajstić information content (AvgIpc) is 2.82. The summed E-state index contributed by atoms with van der Waals surface area (Å²) < 4.78 is 2.02. The predicted molar refractivity (Wildman–Crippen MR) is 65.8 cm³/mol. The summed E-state index contributed by atoms with van der Waals surface area (Å²) in [6.45, 7) is 1.92. The summed E-state index contributed by atoms with van der Waals surface area (Å²) in [6, 6.07) is 10.9. The van der Waals surface area contributed by atoms with Crippen molar-refractivity contribution >= 4 is 12.4 Å². The number of halogens is 1. The van der Waals surface area contributed by atoms with Crippen LogP contribution in [0.25, 0.3) is 0 Å². The van der Waals surface area contributed by atoms with Gasteiger partial charge in [0.1, 0.15) is 0 Å². The number of aromatic nitrogens is 2. The molecule has 4 heteroatoms. The lowest BCUT2D eigenvalue weighted by Crippen LogP contribution is -2.32. The van der Waals surface area contributed by atoms with Gasteiger partial charge >= 0.3 is 0 Å². The molecular weight excluding hydrogens is 222 g/mol. The van der Waals surface area contributed by atoms with Gasteiger partial charge in [0.2, 0.25) is 0 Å². The third kappa shape index (κ3) is 1.84. The summed E-state index contributed by atoms with van der Waals surface area (Å²) >= 11 is 0. The molecule has 1 aromatic heterocycles. The highest BCUT2D eigenvalue weighted by molar-refractivity contribution is 5.85. The first-order chi connectivity index (χ1) is 7.45. The molecule has 1 unspecified atom stereocenters. The van der Waals surface area contributed by atoms with E-state index in [1.54, 1.807) is 0 Å². The molecule has 84 valence electrons. The van der Waals surface area contributed by atoms with Gasteiger partial charge in [-0.1, -0.05) is 24.3 Å². The van der Waals surface area contributed by atoms with E-state index in [0.29, 0.717) is 6.04 Å². The fourth-order valence-corrected chi connectivity index (χ4v) is 2.17. The van der Waals surface area contributed by atoms with Crippen LogP contribution in [-0.2, 0) is 6.54 Å². The molecule has 0 saturated carbocycles. The minimum absolute atomic E-state index is 0. The molecule has 0 radical (unpaired) electrons. The van der Waals surface area contributed by atoms with Crippen LogP contribution in [0.4, 0.5) is 0 Å². The van der Waals surface area contributed by atoms with E-state index < -0.39 is 0 Å².